The van der Waals surface area contributed by atoms with E-state index in [2.05, 4.69) is 35.2 Å². The maximum atomic E-state index is 13.4. The fourth-order valence-corrected chi connectivity index (χ4v) is 4.71. The number of nitrogens with zero attached hydrogens (tertiary/aromatic N) is 6. The van der Waals surface area contributed by atoms with Gasteiger partial charge >= 0.3 is 0 Å². The summed E-state index contributed by atoms with van der Waals surface area (Å²) in [6.45, 7) is 3.65. The van der Waals surface area contributed by atoms with Crippen LogP contribution in [0, 0.1) is 5.82 Å². The van der Waals surface area contributed by atoms with Crippen molar-refractivity contribution in [2.24, 2.45) is 0 Å². The standard InChI is InChI=1S/C25H27FN8O5S/c1-5-27-24(35)18-9-6-8-17(30-18)23-31-32-25(34(23)22-19(38-3)10-7-11-20(22)39-4)33-40(36,37)15(2)12-21-28-13-16(26)14-29-21/h6-11,13-15H,5,12H2,1-4H3,(H,27,35)(H,32,33)/t15-/m1/s1. The molecule has 0 unspecified atom stereocenters. The molecule has 15 heteroatoms. The van der Waals surface area contributed by atoms with Crippen molar-refractivity contribution in [3.05, 3.63) is 66.1 Å². The van der Waals surface area contributed by atoms with E-state index in [0.29, 0.717) is 23.7 Å². The molecule has 0 radical (unpaired) electrons. The number of para-hydroxylation sites is 1. The average molecular weight is 571 g/mol. The van der Waals surface area contributed by atoms with Gasteiger partial charge in [-0.2, -0.15) is 0 Å². The molecule has 3 aromatic heterocycles. The van der Waals surface area contributed by atoms with Crippen molar-refractivity contribution in [3.8, 4) is 28.7 Å². The summed E-state index contributed by atoms with van der Waals surface area (Å²) < 4.78 is 54.9. The number of halogens is 1. The average Bonchev–Trinajstić information content (AvgIpc) is 3.36. The highest BCUT2D eigenvalue weighted by Crippen LogP contribution is 2.37. The first-order valence-corrected chi connectivity index (χ1v) is 13.6. The Morgan fingerprint density at radius 1 is 1.05 bits per heavy atom. The Kier molecular flexibility index (Phi) is 8.52. The van der Waals surface area contributed by atoms with E-state index in [4.69, 9.17) is 9.47 Å². The van der Waals surface area contributed by atoms with Crippen molar-refractivity contribution in [1.29, 1.82) is 0 Å². The van der Waals surface area contributed by atoms with Gasteiger partial charge in [0.15, 0.2) is 11.6 Å². The van der Waals surface area contributed by atoms with Gasteiger partial charge in [-0.25, -0.2) is 27.8 Å². The van der Waals surface area contributed by atoms with E-state index in [9.17, 15) is 17.6 Å². The van der Waals surface area contributed by atoms with Gasteiger partial charge in [0.25, 0.3) is 5.91 Å². The third-order valence-corrected chi connectivity index (χ3v) is 7.44. The molecule has 0 saturated heterocycles. The van der Waals surface area contributed by atoms with E-state index in [1.807, 2.05) is 0 Å². The zero-order chi connectivity index (χ0) is 28.9. The first kappa shape index (κ1) is 28.4. The zero-order valence-electron chi connectivity index (χ0n) is 22.1. The number of hydrogen-bond acceptors (Lipinski definition) is 10. The minimum absolute atomic E-state index is 0.0925. The fraction of sp³-hybridized carbons (Fsp3) is 0.280. The highest BCUT2D eigenvalue weighted by atomic mass is 32.2. The summed E-state index contributed by atoms with van der Waals surface area (Å²) in [5, 5.41) is 9.97. The van der Waals surface area contributed by atoms with E-state index in [-0.39, 0.29) is 41.3 Å². The Hall–Kier alpha value is -4.66. The lowest BCUT2D eigenvalue weighted by Crippen LogP contribution is -2.29. The van der Waals surface area contributed by atoms with Gasteiger partial charge in [-0.1, -0.05) is 12.1 Å². The van der Waals surface area contributed by atoms with Crippen LogP contribution in [0.15, 0.2) is 48.8 Å². The molecule has 1 amide bonds. The number of sulfonamides is 1. The fourth-order valence-electron chi connectivity index (χ4n) is 3.76. The molecule has 0 spiro atoms. The van der Waals surface area contributed by atoms with E-state index < -0.39 is 21.1 Å². The van der Waals surface area contributed by atoms with Crippen molar-refractivity contribution < 1.29 is 27.1 Å². The molecule has 1 atom stereocenters. The molecular formula is C25H27FN8O5S. The minimum Gasteiger partial charge on any atom is -0.494 e. The number of pyridine rings is 1. The summed E-state index contributed by atoms with van der Waals surface area (Å²) in [7, 11) is -1.20. The number of carbonyl (C=O) groups is 1. The van der Waals surface area contributed by atoms with Crippen molar-refractivity contribution >= 4 is 21.9 Å². The third kappa shape index (κ3) is 5.98. The van der Waals surface area contributed by atoms with Crippen molar-refractivity contribution in [1.82, 2.24) is 35.0 Å². The van der Waals surface area contributed by atoms with Crippen LogP contribution in [0.2, 0.25) is 0 Å². The smallest absolute Gasteiger partial charge is 0.269 e. The van der Waals surface area contributed by atoms with Crippen LogP contribution in [-0.2, 0) is 16.4 Å². The van der Waals surface area contributed by atoms with Crippen molar-refractivity contribution in [2.75, 3.05) is 25.5 Å². The summed E-state index contributed by atoms with van der Waals surface area (Å²) in [4.78, 5) is 24.6. The molecule has 0 aliphatic carbocycles. The molecule has 0 saturated carbocycles. The number of anilines is 1. The molecule has 13 nitrogen and oxygen atoms in total. The van der Waals surface area contributed by atoms with Crippen LogP contribution in [0.5, 0.6) is 11.5 Å². The number of rotatable bonds is 11. The molecule has 0 fully saturated rings. The molecule has 0 bridgehead atoms. The first-order chi connectivity index (χ1) is 19.2. The predicted molar refractivity (Wildman–Crippen MR) is 143 cm³/mol. The monoisotopic (exact) mass is 570 g/mol. The van der Waals surface area contributed by atoms with Crippen LogP contribution in [0.4, 0.5) is 10.3 Å². The number of benzene rings is 1. The molecule has 4 rings (SSSR count). The van der Waals surface area contributed by atoms with Crippen LogP contribution >= 0.6 is 0 Å². The van der Waals surface area contributed by atoms with E-state index in [1.165, 1.54) is 25.7 Å². The van der Waals surface area contributed by atoms with Gasteiger partial charge in [0, 0.05) is 13.0 Å². The Morgan fingerprint density at radius 2 is 1.70 bits per heavy atom. The molecular weight excluding hydrogens is 543 g/mol. The molecule has 1 aromatic carbocycles. The summed E-state index contributed by atoms with van der Waals surface area (Å²) >= 11 is 0. The Labute approximate surface area is 229 Å². The van der Waals surface area contributed by atoms with Gasteiger partial charge in [-0.05, 0) is 38.1 Å². The molecule has 0 aliphatic rings. The summed E-state index contributed by atoms with van der Waals surface area (Å²) in [6, 6.07) is 9.80. The summed E-state index contributed by atoms with van der Waals surface area (Å²) in [6.07, 6.45) is 1.84. The highest BCUT2D eigenvalue weighted by Gasteiger charge is 2.29. The first-order valence-electron chi connectivity index (χ1n) is 12.1. The summed E-state index contributed by atoms with van der Waals surface area (Å²) in [5.74, 6) is -0.283. The van der Waals surface area contributed by atoms with E-state index in [1.54, 1.807) is 43.3 Å². The number of ether oxygens (including phenoxy) is 2. The normalized spacial score (nSPS) is 12.0. The second kappa shape index (κ2) is 12.0. The zero-order valence-corrected chi connectivity index (χ0v) is 22.9. The molecule has 4 aromatic rings. The number of amides is 1. The van der Waals surface area contributed by atoms with Crippen molar-refractivity contribution in [2.45, 2.75) is 25.5 Å². The van der Waals surface area contributed by atoms with Crippen molar-refractivity contribution in [3.63, 3.8) is 0 Å². The van der Waals surface area contributed by atoms with Gasteiger partial charge in [-0.15, -0.1) is 10.2 Å². The lowest BCUT2D eigenvalue weighted by molar-refractivity contribution is 0.0951. The lowest BCUT2D eigenvalue weighted by atomic mass is 10.2. The van der Waals surface area contributed by atoms with Crippen LogP contribution in [0.3, 0.4) is 0 Å². The second-order valence-electron chi connectivity index (χ2n) is 8.44. The molecule has 3 heterocycles. The number of hydrogen-bond donors (Lipinski definition) is 2. The van der Waals surface area contributed by atoms with Gasteiger partial charge in [0.2, 0.25) is 16.0 Å². The van der Waals surface area contributed by atoms with Gasteiger partial charge in [0.05, 0.1) is 31.9 Å². The van der Waals surface area contributed by atoms with Crippen LogP contribution in [0.25, 0.3) is 17.2 Å². The summed E-state index contributed by atoms with van der Waals surface area (Å²) in [5.41, 5.74) is 0.670. The third-order valence-electron chi connectivity index (χ3n) is 5.74. The molecule has 2 N–H and O–H groups in total. The Balaban J connectivity index is 1.83. The Bertz CT molecular complexity index is 1590. The van der Waals surface area contributed by atoms with Gasteiger partial charge in [0.1, 0.15) is 34.4 Å². The lowest BCUT2D eigenvalue weighted by Gasteiger charge is -2.19. The quantitative estimate of drug-likeness (QED) is 0.274. The van der Waals surface area contributed by atoms with Crippen LogP contribution < -0.4 is 19.5 Å². The molecule has 40 heavy (non-hydrogen) atoms. The number of carbonyl (C=O) groups excluding carboxylic acids is 1. The number of methoxy groups -OCH3 is 2. The largest absolute Gasteiger partial charge is 0.494 e. The van der Waals surface area contributed by atoms with Gasteiger partial charge < -0.3 is 14.8 Å². The molecule has 0 aliphatic heterocycles. The van der Waals surface area contributed by atoms with Crippen LogP contribution in [-0.4, -0.2) is 70.1 Å². The second-order valence-corrected chi connectivity index (χ2v) is 10.5. The molecule has 210 valence electrons. The van der Waals surface area contributed by atoms with E-state index >= 15 is 0 Å². The Morgan fingerprint density at radius 3 is 2.33 bits per heavy atom. The maximum absolute atomic E-state index is 13.4. The SMILES string of the molecule is CCNC(=O)c1cccc(-c2nnc(NS(=O)(=O)[C@H](C)Cc3ncc(F)cn3)n2-c2c(OC)cccc2OC)n1. The van der Waals surface area contributed by atoms with E-state index in [0.717, 1.165) is 12.4 Å². The number of nitrogens with one attached hydrogen (secondary N) is 2. The predicted octanol–water partition coefficient (Wildman–Crippen LogP) is 2.40. The van der Waals surface area contributed by atoms with Crippen LogP contribution in [0.1, 0.15) is 30.2 Å². The number of aromatic nitrogens is 6. The van der Waals surface area contributed by atoms with Gasteiger partial charge in [-0.3, -0.25) is 14.1 Å². The topological polar surface area (TPSA) is 163 Å². The highest BCUT2D eigenvalue weighted by molar-refractivity contribution is 7.93. The maximum Gasteiger partial charge on any atom is 0.269 e. The minimum atomic E-state index is -4.10.